The molecule has 0 unspecified atom stereocenters. The number of hydrogen-bond donors (Lipinski definition) is 1. The number of rotatable bonds is 3. The number of piperidine rings is 1. The van der Waals surface area contributed by atoms with E-state index in [0.29, 0.717) is 6.54 Å². The van der Waals surface area contributed by atoms with Crippen LogP contribution in [0.15, 0.2) is 36.2 Å². The van der Waals surface area contributed by atoms with Crippen LogP contribution in [-0.4, -0.2) is 45.2 Å². The Balaban J connectivity index is 1.68. The molecule has 5 nitrogen and oxygen atoms in total. The van der Waals surface area contributed by atoms with E-state index in [1.54, 1.807) is 6.07 Å². The summed E-state index contributed by atoms with van der Waals surface area (Å²) in [7, 11) is 0. The standard InChI is InChI=1S/C20H22FN3O2/c21-16-1-2-17-15(13-16)5-11-24-12-7-22-20(24)19(17)14-3-8-23(9-4-14)10-6-18(25)26/h1-2,7,12-13H,3-6,8-11H2,(H,25,26). The van der Waals surface area contributed by atoms with E-state index in [4.69, 9.17) is 5.11 Å². The molecule has 2 aliphatic rings. The second-order valence-electron chi connectivity index (χ2n) is 6.96. The van der Waals surface area contributed by atoms with Crippen LogP contribution in [0.2, 0.25) is 0 Å². The maximum absolute atomic E-state index is 13.8. The number of likely N-dealkylation sites (tertiary alicyclic amines) is 1. The highest BCUT2D eigenvalue weighted by molar-refractivity contribution is 5.81. The van der Waals surface area contributed by atoms with Gasteiger partial charge in [-0.2, -0.15) is 0 Å². The fraction of sp³-hybridized carbons (Fsp3) is 0.400. The van der Waals surface area contributed by atoms with Crippen LogP contribution in [0.5, 0.6) is 0 Å². The zero-order valence-electron chi connectivity index (χ0n) is 14.6. The third-order valence-corrected chi connectivity index (χ3v) is 5.35. The minimum atomic E-state index is -0.754. The molecule has 1 saturated heterocycles. The Bertz CT molecular complexity index is 862. The fourth-order valence-corrected chi connectivity index (χ4v) is 3.99. The molecule has 1 fully saturated rings. The van der Waals surface area contributed by atoms with Gasteiger partial charge >= 0.3 is 5.97 Å². The monoisotopic (exact) mass is 355 g/mol. The molecule has 0 amide bonds. The zero-order valence-corrected chi connectivity index (χ0v) is 14.6. The Labute approximate surface area is 151 Å². The summed E-state index contributed by atoms with van der Waals surface area (Å²) >= 11 is 0. The van der Waals surface area contributed by atoms with Crippen LogP contribution >= 0.6 is 0 Å². The lowest BCUT2D eigenvalue weighted by Crippen LogP contribution is -2.33. The third-order valence-electron chi connectivity index (χ3n) is 5.35. The molecule has 3 heterocycles. The lowest BCUT2D eigenvalue weighted by atomic mass is 9.90. The lowest BCUT2D eigenvalue weighted by Gasteiger charge is -2.29. The molecule has 1 N–H and O–H groups in total. The van der Waals surface area contributed by atoms with Crippen molar-refractivity contribution in [1.29, 1.82) is 0 Å². The number of hydrogen-bond acceptors (Lipinski definition) is 3. The van der Waals surface area contributed by atoms with Crippen molar-refractivity contribution in [3.8, 4) is 0 Å². The number of nitrogens with zero attached hydrogens (tertiary/aromatic N) is 3. The van der Waals surface area contributed by atoms with E-state index in [2.05, 4.69) is 14.5 Å². The number of carboxylic acid groups (broad SMARTS) is 1. The molecule has 1 aromatic heterocycles. The average molecular weight is 355 g/mol. The number of aromatic nitrogens is 2. The smallest absolute Gasteiger partial charge is 0.304 e. The van der Waals surface area contributed by atoms with Gasteiger partial charge in [-0.05, 0) is 42.5 Å². The molecule has 0 aliphatic carbocycles. The van der Waals surface area contributed by atoms with Gasteiger partial charge in [0, 0.05) is 44.1 Å². The predicted molar refractivity (Wildman–Crippen MR) is 96.3 cm³/mol. The number of fused-ring (bicyclic) bond motifs is 2. The quantitative estimate of drug-likeness (QED) is 0.920. The van der Waals surface area contributed by atoms with Gasteiger partial charge in [0.15, 0.2) is 0 Å². The Morgan fingerprint density at radius 3 is 2.77 bits per heavy atom. The highest BCUT2D eigenvalue weighted by Crippen LogP contribution is 2.35. The highest BCUT2D eigenvalue weighted by Gasteiger charge is 2.25. The molecule has 6 heteroatoms. The molecular formula is C20H22FN3O2. The second kappa shape index (κ2) is 7.03. The van der Waals surface area contributed by atoms with Crippen LogP contribution < -0.4 is 0 Å². The van der Waals surface area contributed by atoms with E-state index in [1.807, 2.05) is 18.5 Å². The molecule has 26 heavy (non-hydrogen) atoms. The molecule has 136 valence electrons. The zero-order chi connectivity index (χ0) is 18.1. The van der Waals surface area contributed by atoms with E-state index in [-0.39, 0.29) is 12.2 Å². The van der Waals surface area contributed by atoms with Crippen molar-refractivity contribution < 1.29 is 14.3 Å². The van der Waals surface area contributed by atoms with Crippen LogP contribution in [0.1, 0.15) is 36.2 Å². The second-order valence-corrected chi connectivity index (χ2v) is 6.96. The van der Waals surface area contributed by atoms with Gasteiger partial charge < -0.3 is 14.6 Å². The summed E-state index contributed by atoms with van der Waals surface area (Å²) in [4.78, 5) is 17.6. The Morgan fingerprint density at radius 2 is 2.00 bits per heavy atom. The molecule has 2 aliphatic heterocycles. The van der Waals surface area contributed by atoms with E-state index >= 15 is 0 Å². The maximum atomic E-state index is 13.8. The minimum absolute atomic E-state index is 0.179. The first kappa shape index (κ1) is 17.0. The van der Waals surface area contributed by atoms with Gasteiger partial charge in [0.05, 0.1) is 6.42 Å². The minimum Gasteiger partial charge on any atom is -0.481 e. The predicted octanol–water partition coefficient (Wildman–Crippen LogP) is 2.95. The molecule has 0 saturated carbocycles. The molecule has 0 atom stereocenters. The van der Waals surface area contributed by atoms with Gasteiger partial charge in [0.1, 0.15) is 11.6 Å². The first-order chi connectivity index (χ1) is 12.6. The normalized spacial score (nSPS) is 17.6. The number of halogens is 1. The highest BCUT2D eigenvalue weighted by atomic mass is 19.1. The van der Waals surface area contributed by atoms with Crippen molar-refractivity contribution in [2.75, 3.05) is 19.6 Å². The van der Waals surface area contributed by atoms with E-state index in [9.17, 15) is 9.18 Å². The number of benzene rings is 1. The molecule has 4 rings (SSSR count). The van der Waals surface area contributed by atoms with Crippen LogP contribution in [0.25, 0.3) is 5.57 Å². The van der Waals surface area contributed by atoms with E-state index < -0.39 is 5.97 Å². The van der Waals surface area contributed by atoms with Gasteiger partial charge in [-0.3, -0.25) is 4.79 Å². The summed E-state index contributed by atoms with van der Waals surface area (Å²) in [6.45, 7) is 3.09. The van der Waals surface area contributed by atoms with Crippen molar-refractivity contribution in [3.05, 3.63) is 58.9 Å². The summed E-state index contributed by atoms with van der Waals surface area (Å²) in [6.07, 6.45) is 6.56. The first-order valence-electron chi connectivity index (χ1n) is 9.08. The average Bonchev–Trinajstić information content (AvgIpc) is 3.03. The van der Waals surface area contributed by atoms with Gasteiger partial charge in [-0.1, -0.05) is 11.6 Å². The number of carbonyl (C=O) groups is 1. The first-order valence-corrected chi connectivity index (χ1v) is 9.08. The van der Waals surface area contributed by atoms with Crippen molar-refractivity contribution in [2.45, 2.75) is 32.2 Å². The van der Waals surface area contributed by atoms with Crippen LogP contribution in [0.3, 0.4) is 0 Å². The summed E-state index contributed by atoms with van der Waals surface area (Å²) < 4.78 is 15.9. The van der Waals surface area contributed by atoms with Crippen molar-refractivity contribution in [2.24, 2.45) is 0 Å². The van der Waals surface area contributed by atoms with Gasteiger partial charge in [-0.15, -0.1) is 0 Å². The number of aliphatic carboxylic acids is 1. The van der Waals surface area contributed by atoms with Gasteiger partial charge in [0.25, 0.3) is 0 Å². The summed E-state index contributed by atoms with van der Waals surface area (Å²) in [5.74, 6) is 0.0105. The van der Waals surface area contributed by atoms with Crippen molar-refractivity contribution in [3.63, 3.8) is 0 Å². The Morgan fingerprint density at radius 1 is 1.19 bits per heavy atom. The van der Waals surface area contributed by atoms with E-state index in [1.165, 1.54) is 11.6 Å². The number of aryl methyl sites for hydroxylation is 2. The molecule has 2 aromatic rings. The summed E-state index contributed by atoms with van der Waals surface area (Å²) in [5, 5.41) is 8.87. The number of imidazole rings is 1. The molecule has 0 radical (unpaired) electrons. The summed E-state index contributed by atoms with van der Waals surface area (Å²) in [5.41, 5.74) is 4.59. The fourth-order valence-electron chi connectivity index (χ4n) is 3.99. The molecule has 1 aromatic carbocycles. The van der Waals surface area contributed by atoms with Gasteiger partial charge in [0.2, 0.25) is 0 Å². The largest absolute Gasteiger partial charge is 0.481 e. The lowest BCUT2D eigenvalue weighted by molar-refractivity contribution is -0.137. The van der Waals surface area contributed by atoms with Crippen LogP contribution in [0.4, 0.5) is 4.39 Å². The molecule has 0 spiro atoms. The maximum Gasteiger partial charge on any atom is 0.304 e. The van der Waals surface area contributed by atoms with Crippen molar-refractivity contribution >= 4 is 11.5 Å². The Kier molecular flexibility index (Phi) is 4.59. The Hall–Kier alpha value is -2.47. The number of carboxylic acids is 1. The molecule has 0 bridgehead atoms. The van der Waals surface area contributed by atoms with Gasteiger partial charge in [-0.25, -0.2) is 9.37 Å². The van der Waals surface area contributed by atoms with Crippen LogP contribution in [-0.2, 0) is 17.8 Å². The van der Waals surface area contributed by atoms with Crippen LogP contribution in [0, 0.1) is 5.82 Å². The van der Waals surface area contributed by atoms with Crippen molar-refractivity contribution in [1.82, 2.24) is 14.5 Å². The SMILES string of the molecule is O=C(O)CCN1CCC(=C2c3ccc(F)cc3CCn3ccnc32)CC1. The third kappa shape index (κ3) is 3.29. The summed E-state index contributed by atoms with van der Waals surface area (Å²) in [6, 6.07) is 5.05. The van der Waals surface area contributed by atoms with E-state index in [0.717, 1.165) is 61.4 Å². The topological polar surface area (TPSA) is 58.4 Å². The molecular weight excluding hydrogens is 333 g/mol.